The third-order valence-electron chi connectivity index (χ3n) is 5.48. The number of ketones is 1. The minimum absolute atomic E-state index is 0.149. The molecule has 6 nitrogen and oxygen atoms in total. The van der Waals surface area contributed by atoms with Gasteiger partial charge < -0.3 is 19.6 Å². The third-order valence-corrected chi connectivity index (χ3v) is 6.41. The van der Waals surface area contributed by atoms with Gasteiger partial charge in [0.2, 0.25) is 0 Å². The summed E-state index contributed by atoms with van der Waals surface area (Å²) in [6, 6.07) is 10.0. The van der Waals surface area contributed by atoms with Crippen molar-refractivity contribution < 1.29 is 19.4 Å². The number of carbonyl (C=O) groups excluding carboxylic acids is 2. The van der Waals surface area contributed by atoms with Crippen LogP contribution in [0.4, 0.5) is 0 Å². The predicted molar refractivity (Wildman–Crippen MR) is 119 cm³/mol. The number of thiophene rings is 1. The summed E-state index contributed by atoms with van der Waals surface area (Å²) in [5, 5.41) is 12.9. The molecular formula is C23H28N2O4S. The van der Waals surface area contributed by atoms with E-state index in [-0.39, 0.29) is 11.3 Å². The average Bonchev–Trinajstić information content (AvgIpc) is 3.38. The summed E-state index contributed by atoms with van der Waals surface area (Å²) in [6.07, 6.45) is 0.763. The first-order valence-corrected chi connectivity index (χ1v) is 11.1. The molecule has 1 N–H and O–H groups in total. The van der Waals surface area contributed by atoms with Gasteiger partial charge in [0.25, 0.3) is 11.7 Å². The summed E-state index contributed by atoms with van der Waals surface area (Å²) < 4.78 is 5.16. The largest absolute Gasteiger partial charge is 0.507 e. The number of hydrogen-bond donors (Lipinski definition) is 1. The first-order chi connectivity index (χ1) is 14.5. The molecule has 1 fully saturated rings. The highest BCUT2D eigenvalue weighted by molar-refractivity contribution is 7.10. The van der Waals surface area contributed by atoms with Crippen molar-refractivity contribution in [1.29, 1.82) is 0 Å². The van der Waals surface area contributed by atoms with E-state index >= 15 is 0 Å². The molecule has 0 aliphatic carbocycles. The maximum atomic E-state index is 12.9. The van der Waals surface area contributed by atoms with Crippen molar-refractivity contribution in [2.75, 3.05) is 33.3 Å². The van der Waals surface area contributed by atoms with Crippen LogP contribution < -0.4 is 4.74 Å². The Bertz CT molecular complexity index is 902. The number of rotatable bonds is 9. The van der Waals surface area contributed by atoms with E-state index in [4.69, 9.17) is 4.74 Å². The first-order valence-electron chi connectivity index (χ1n) is 10.2. The van der Waals surface area contributed by atoms with Crippen molar-refractivity contribution in [3.8, 4) is 5.75 Å². The highest BCUT2D eigenvalue weighted by atomic mass is 32.1. The Morgan fingerprint density at radius 2 is 1.87 bits per heavy atom. The van der Waals surface area contributed by atoms with Crippen molar-refractivity contribution in [3.63, 3.8) is 0 Å². The Morgan fingerprint density at radius 3 is 2.43 bits per heavy atom. The summed E-state index contributed by atoms with van der Waals surface area (Å²) in [4.78, 5) is 30.6. The first kappa shape index (κ1) is 22.1. The number of carbonyl (C=O) groups is 2. The molecule has 160 valence electrons. The lowest BCUT2D eigenvalue weighted by molar-refractivity contribution is -0.139. The number of benzene rings is 1. The van der Waals surface area contributed by atoms with Gasteiger partial charge in [-0.3, -0.25) is 9.59 Å². The molecule has 0 bridgehead atoms. The molecule has 1 unspecified atom stereocenters. The molecule has 1 amide bonds. The number of aliphatic hydroxyl groups excluding tert-OH is 1. The van der Waals surface area contributed by atoms with Crippen LogP contribution in [0.3, 0.4) is 0 Å². The molecule has 0 saturated carbocycles. The van der Waals surface area contributed by atoms with Gasteiger partial charge in [0, 0.05) is 17.0 Å². The van der Waals surface area contributed by atoms with Crippen LogP contribution in [-0.2, 0) is 9.59 Å². The summed E-state index contributed by atoms with van der Waals surface area (Å²) in [5.74, 6) is -0.688. The fourth-order valence-electron chi connectivity index (χ4n) is 3.76. The maximum absolute atomic E-state index is 12.9. The van der Waals surface area contributed by atoms with Crippen molar-refractivity contribution >= 4 is 28.8 Å². The molecule has 0 radical (unpaired) electrons. The molecule has 2 aromatic rings. The van der Waals surface area contributed by atoms with E-state index in [2.05, 4.69) is 18.7 Å². The van der Waals surface area contributed by atoms with E-state index in [0.29, 0.717) is 17.9 Å². The fraction of sp³-hybridized carbons (Fsp3) is 0.391. The lowest BCUT2D eigenvalue weighted by Gasteiger charge is -2.25. The molecule has 1 saturated heterocycles. The zero-order valence-corrected chi connectivity index (χ0v) is 18.4. The quantitative estimate of drug-likeness (QED) is 0.373. The van der Waals surface area contributed by atoms with Gasteiger partial charge in [-0.2, -0.15) is 0 Å². The topological polar surface area (TPSA) is 70.1 Å². The zero-order chi connectivity index (χ0) is 21.7. The summed E-state index contributed by atoms with van der Waals surface area (Å²) in [6.45, 7) is 7.42. The van der Waals surface area contributed by atoms with E-state index in [1.54, 1.807) is 36.3 Å². The van der Waals surface area contributed by atoms with Gasteiger partial charge in [-0.15, -0.1) is 11.3 Å². The molecule has 1 aliphatic heterocycles. The number of likely N-dealkylation sites (tertiary alicyclic amines) is 1. The molecule has 1 atom stereocenters. The van der Waals surface area contributed by atoms with Crippen LogP contribution in [0, 0.1) is 0 Å². The highest BCUT2D eigenvalue weighted by Crippen LogP contribution is 2.41. The van der Waals surface area contributed by atoms with Crippen LogP contribution in [0.25, 0.3) is 5.76 Å². The molecule has 1 aromatic carbocycles. The van der Waals surface area contributed by atoms with Crippen LogP contribution in [0.15, 0.2) is 47.4 Å². The zero-order valence-electron chi connectivity index (χ0n) is 17.6. The van der Waals surface area contributed by atoms with Crippen molar-refractivity contribution in [2.45, 2.75) is 26.3 Å². The van der Waals surface area contributed by atoms with E-state index in [1.165, 1.54) is 11.3 Å². The number of hydrogen-bond acceptors (Lipinski definition) is 6. The molecule has 2 heterocycles. The van der Waals surface area contributed by atoms with E-state index in [0.717, 1.165) is 30.9 Å². The van der Waals surface area contributed by atoms with Crippen LogP contribution in [0.1, 0.15) is 36.8 Å². The molecule has 0 spiro atoms. The molecule has 30 heavy (non-hydrogen) atoms. The number of methoxy groups -OCH3 is 1. The SMILES string of the molecule is CCN(CC)CCCN1C(=O)C(=O)/C(=C(\O)c2ccc(OC)cc2)C1c1cccs1. The Labute approximate surface area is 181 Å². The number of aliphatic hydroxyl groups is 1. The fourth-order valence-corrected chi connectivity index (χ4v) is 4.61. The van der Waals surface area contributed by atoms with Gasteiger partial charge in [-0.1, -0.05) is 19.9 Å². The van der Waals surface area contributed by atoms with Crippen molar-refractivity contribution in [3.05, 3.63) is 57.8 Å². The Kier molecular flexibility index (Phi) is 7.29. The molecular weight excluding hydrogens is 400 g/mol. The smallest absolute Gasteiger partial charge is 0.295 e. The second-order valence-corrected chi connectivity index (χ2v) is 8.10. The predicted octanol–water partition coefficient (Wildman–Crippen LogP) is 3.91. The molecule has 1 aromatic heterocycles. The van der Waals surface area contributed by atoms with E-state index in [9.17, 15) is 14.7 Å². The van der Waals surface area contributed by atoms with E-state index in [1.807, 2.05) is 17.5 Å². The second kappa shape index (κ2) is 9.91. The van der Waals surface area contributed by atoms with Gasteiger partial charge >= 0.3 is 0 Å². The number of amides is 1. The molecule has 1 aliphatic rings. The Hall–Kier alpha value is -2.64. The van der Waals surface area contributed by atoms with Gasteiger partial charge in [0.15, 0.2) is 0 Å². The maximum Gasteiger partial charge on any atom is 0.295 e. The number of Topliss-reactive ketones (excluding diaryl/α,β-unsaturated/α-hetero) is 1. The van der Waals surface area contributed by atoms with Gasteiger partial charge in [0.05, 0.1) is 18.7 Å². The standard InChI is InChI=1S/C23H28N2O4S/c1-4-24(5-2)13-7-14-25-20(18-8-6-15-30-18)19(22(27)23(25)28)21(26)16-9-11-17(29-3)12-10-16/h6,8-12,15,20,26H,4-5,7,13-14H2,1-3H3/b21-19-. The third kappa shape index (κ3) is 4.42. The average molecular weight is 429 g/mol. The normalized spacial score (nSPS) is 18.4. The lowest BCUT2D eigenvalue weighted by Crippen LogP contribution is -2.33. The Morgan fingerprint density at radius 1 is 1.17 bits per heavy atom. The monoisotopic (exact) mass is 428 g/mol. The van der Waals surface area contributed by atoms with Gasteiger partial charge in [-0.25, -0.2) is 0 Å². The van der Waals surface area contributed by atoms with Crippen LogP contribution in [-0.4, -0.2) is 59.9 Å². The second-order valence-electron chi connectivity index (χ2n) is 7.12. The Balaban J connectivity index is 1.95. The molecule has 7 heteroatoms. The van der Waals surface area contributed by atoms with Crippen LogP contribution >= 0.6 is 11.3 Å². The van der Waals surface area contributed by atoms with Crippen LogP contribution in [0.5, 0.6) is 5.75 Å². The van der Waals surface area contributed by atoms with Crippen molar-refractivity contribution in [1.82, 2.24) is 9.80 Å². The number of ether oxygens (including phenoxy) is 1. The van der Waals surface area contributed by atoms with Gasteiger partial charge in [0.1, 0.15) is 11.5 Å². The van der Waals surface area contributed by atoms with Gasteiger partial charge in [-0.05, 0) is 61.8 Å². The summed E-state index contributed by atoms with van der Waals surface area (Å²) in [7, 11) is 1.56. The van der Waals surface area contributed by atoms with E-state index < -0.39 is 17.7 Å². The highest BCUT2D eigenvalue weighted by Gasteiger charge is 2.46. The lowest BCUT2D eigenvalue weighted by atomic mass is 10.00. The minimum atomic E-state index is -0.635. The van der Waals surface area contributed by atoms with Crippen molar-refractivity contribution in [2.24, 2.45) is 0 Å². The minimum Gasteiger partial charge on any atom is -0.507 e. The molecule has 3 rings (SSSR count). The number of nitrogens with zero attached hydrogens (tertiary/aromatic N) is 2. The van der Waals surface area contributed by atoms with Crippen LogP contribution in [0.2, 0.25) is 0 Å². The summed E-state index contributed by atoms with van der Waals surface area (Å²) >= 11 is 1.48. The summed E-state index contributed by atoms with van der Waals surface area (Å²) in [5.41, 5.74) is 0.633.